The maximum Gasteiger partial charge on any atom is 0.255 e. The Hall–Kier alpha value is -2.25. The van der Waals surface area contributed by atoms with Gasteiger partial charge in [0.15, 0.2) is 0 Å². The van der Waals surface area contributed by atoms with Crippen LogP contribution in [0.15, 0.2) is 18.2 Å². The number of carbonyl (C=O) groups is 3. The number of rotatable bonds is 4. The SMILES string of the molecule is NCC12CCC1CCN2Cc1ccc2c(c1)CN(C1CCC(=O)NC1=O)C2=O. The zero-order chi connectivity index (χ0) is 19.5. The highest BCUT2D eigenvalue weighted by atomic mass is 16.2. The van der Waals surface area contributed by atoms with E-state index in [-0.39, 0.29) is 29.7 Å². The first-order valence-corrected chi connectivity index (χ1v) is 10.2. The van der Waals surface area contributed by atoms with Crippen molar-refractivity contribution in [3.8, 4) is 0 Å². The maximum atomic E-state index is 12.8. The van der Waals surface area contributed by atoms with Gasteiger partial charge in [0.1, 0.15) is 6.04 Å². The Morgan fingerprint density at radius 1 is 1.18 bits per heavy atom. The predicted octanol–water partition coefficient (Wildman–Crippen LogP) is 0.761. The molecule has 28 heavy (non-hydrogen) atoms. The summed E-state index contributed by atoms with van der Waals surface area (Å²) in [5.41, 5.74) is 9.14. The van der Waals surface area contributed by atoms with Crippen molar-refractivity contribution in [2.75, 3.05) is 13.1 Å². The molecule has 0 spiro atoms. The lowest BCUT2D eigenvalue weighted by Gasteiger charge is -2.49. The minimum atomic E-state index is -0.559. The largest absolute Gasteiger partial charge is 0.329 e. The normalized spacial score (nSPS) is 32.2. The summed E-state index contributed by atoms with van der Waals surface area (Å²) in [6.07, 6.45) is 4.36. The van der Waals surface area contributed by atoms with E-state index in [4.69, 9.17) is 5.73 Å². The second kappa shape index (κ2) is 6.39. The number of carbonyl (C=O) groups excluding carboxylic acids is 3. The number of nitrogens with two attached hydrogens (primary N) is 1. The monoisotopic (exact) mass is 382 g/mol. The van der Waals surface area contributed by atoms with Crippen molar-refractivity contribution in [1.29, 1.82) is 0 Å². The number of likely N-dealkylation sites (tertiary alicyclic amines) is 1. The van der Waals surface area contributed by atoms with Crippen molar-refractivity contribution in [3.63, 3.8) is 0 Å². The minimum Gasteiger partial charge on any atom is -0.329 e. The molecule has 1 aliphatic carbocycles. The van der Waals surface area contributed by atoms with Crippen LogP contribution in [0.25, 0.3) is 0 Å². The number of nitrogens with one attached hydrogen (secondary N) is 1. The van der Waals surface area contributed by atoms with Crippen LogP contribution in [0.5, 0.6) is 0 Å². The molecule has 0 radical (unpaired) electrons. The van der Waals surface area contributed by atoms with E-state index < -0.39 is 6.04 Å². The molecule has 7 heteroatoms. The first kappa shape index (κ1) is 17.8. The van der Waals surface area contributed by atoms with Crippen LogP contribution in [0.1, 0.15) is 53.6 Å². The zero-order valence-corrected chi connectivity index (χ0v) is 15.9. The van der Waals surface area contributed by atoms with E-state index in [0.717, 1.165) is 24.6 Å². The topological polar surface area (TPSA) is 95.7 Å². The summed E-state index contributed by atoms with van der Waals surface area (Å²) >= 11 is 0. The predicted molar refractivity (Wildman–Crippen MR) is 102 cm³/mol. The van der Waals surface area contributed by atoms with Crippen LogP contribution < -0.4 is 11.1 Å². The number of piperidine rings is 1. The Kier molecular flexibility index (Phi) is 4.07. The van der Waals surface area contributed by atoms with Gasteiger partial charge in [-0.15, -0.1) is 0 Å². The molecule has 3 atom stereocenters. The fourth-order valence-corrected chi connectivity index (χ4v) is 5.63. The van der Waals surface area contributed by atoms with Gasteiger partial charge in [-0.25, -0.2) is 0 Å². The van der Waals surface area contributed by atoms with E-state index in [2.05, 4.69) is 16.3 Å². The quantitative estimate of drug-likeness (QED) is 0.750. The third-order valence-corrected chi connectivity index (χ3v) is 7.38. The Morgan fingerprint density at radius 3 is 2.75 bits per heavy atom. The summed E-state index contributed by atoms with van der Waals surface area (Å²) in [5, 5.41) is 2.35. The molecule has 2 saturated heterocycles. The Balaban J connectivity index is 1.33. The van der Waals surface area contributed by atoms with Crippen molar-refractivity contribution in [1.82, 2.24) is 15.1 Å². The third-order valence-electron chi connectivity index (χ3n) is 7.38. The molecule has 3 N–H and O–H groups in total. The molecule has 3 unspecified atom stereocenters. The Morgan fingerprint density at radius 2 is 2.04 bits per heavy atom. The molecule has 5 rings (SSSR count). The van der Waals surface area contributed by atoms with Crippen LogP contribution in [0, 0.1) is 5.92 Å². The molecule has 1 aromatic rings. The lowest BCUT2D eigenvalue weighted by Crippen LogP contribution is -2.58. The van der Waals surface area contributed by atoms with E-state index in [1.54, 1.807) is 4.90 Å². The number of hydrogen-bond acceptors (Lipinski definition) is 5. The molecule has 4 aliphatic rings. The lowest BCUT2D eigenvalue weighted by atomic mass is 9.67. The second-order valence-electron chi connectivity index (χ2n) is 8.64. The highest BCUT2D eigenvalue weighted by Crippen LogP contribution is 2.50. The molecule has 1 saturated carbocycles. The summed E-state index contributed by atoms with van der Waals surface area (Å²) in [5.74, 6) is -0.0109. The van der Waals surface area contributed by atoms with Gasteiger partial charge in [0.2, 0.25) is 11.8 Å². The third kappa shape index (κ3) is 2.53. The number of nitrogens with zero attached hydrogens (tertiary/aromatic N) is 2. The number of amides is 3. The van der Waals surface area contributed by atoms with Gasteiger partial charge in [-0.2, -0.15) is 0 Å². The van der Waals surface area contributed by atoms with Crippen LogP contribution in [0.4, 0.5) is 0 Å². The van der Waals surface area contributed by atoms with Gasteiger partial charge in [0, 0.05) is 37.2 Å². The fourth-order valence-electron chi connectivity index (χ4n) is 5.63. The van der Waals surface area contributed by atoms with Crippen molar-refractivity contribution in [3.05, 3.63) is 34.9 Å². The molecule has 3 amide bonds. The van der Waals surface area contributed by atoms with Crippen LogP contribution in [0.3, 0.4) is 0 Å². The first-order chi connectivity index (χ1) is 13.5. The first-order valence-electron chi connectivity index (χ1n) is 10.2. The molecule has 3 aliphatic heterocycles. The number of imide groups is 1. The van der Waals surface area contributed by atoms with Gasteiger partial charge < -0.3 is 10.6 Å². The van der Waals surface area contributed by atoms with E-state index in [9.17, 15) is 14.4 Å². The van der Waals surface area contributed by atoms with Crippen molar-refractivity contribution < 1.29 is 14.4 Å². The molecular weight excluding hydrogens is 356 g/mol. The van der Waals surface area contributed by atoms with Gasteiger partial charge >= 0.3 is 0 Å². The Bertz CT molecular complexity index is 865. The molecule has 1 aromatic carbocycles. The van der Waals surface area contributed by atoms with Gasteiger partial charge in [-0.05, 0) is 55.3 Å². The van der Waals surface area contributed by atoms with Crippen molar-refractivity contribution in [2.45, 2.75) is 56.8 Å². The van der Waals surface area contributed by atoms with Crippen LogP contribution in [0.2, 0.25) is 0 Å². The highest BCUT2D eigenvalue weighted by molar-refractivity contribution is 6.05. The number of hydrogen-bond donors (Lipinski definition) is 2. The van der Waals surface area contributed by atoms with Crippen LogP contribution in [-0.4, -0.2) is 52.2 Å². The fraction of sp³-hybridized carbons (Fsp3) is 0.571. The van der Waals surface area contributed by atoms with Gasteiger partial charge in [-0.1, -0.05) is 12.1 Å². The van der Waals surface area contributed by atoms with E-state index >= 15 is 0 Å². The Labute approximate surface area is 164 Å². The molecule has 3 heterocycles. The van der Waals surface area contributed by atoms with Crippen LogP contribution >= 0.6 is 0 Å². The lowest BCUT2D eigenvalue weighted by molar-refractivity contribution is -0.136. The van der Waals surface area contributed by atoms with Gasteiger partial charge in [0.05, 0.1) is 0 Å². The van der Waals surface area contributed by atoms with Crippen molar-refractivity contribution >= 4 is 17.7 Å². The molecule has 0 aromatic heterocycles. The maximum absolute atomic E-state index is 12.8. The molecular formula is C21H26N4O3. The summed E-state index contributed by atoms with van der Waals surface area (Å²) in [4.78, 5) is 40.5. The molecule has 7 nitrogen and oxygen atoms in total. The summed E-state index contributed by atoms with van der Waals surface area (Å²) < 4.78 is 0. The van der Waals surface area contributed by atoms with E-state index in [0.29, 0.717) is 25.1 Å². The minimum absolute atomic E-state index is 0.116. The smallest absolute Gasteiger partial charge is 0.255 e. The average Bonchev–Trinajstić information content (AvgIpc) is 3.09. The molecule has 0 bridgehead atoms. The van der Waals surface area contributed by atoms with Crippen molar-refractivity contribution in [2.24, 2.45) is 11.7 Å². The van der Waals surface area contributed by atoms with E-state index in [1.807, 2.05) is 12.1 Å². The molecule has 148 valence electrons. The summed E-state index contributed by atoms with van der Waals surface area (Å²) in [7, 11) is 0. The standard InChI is InChI=1S/C21H26N4O3/c22-12-21-7-5-15(21)6-8-24(21)10-13-1-2-16-14(9-13)11-25(20(16)28)17-3-4-18(26)23-19(17)27/h1-2,9,15,17H,3-8,10-12,22H2,(H,23,26,27). The second-order valence-corrected chi connectivity index (χ2v) is 8.64. The summed E-state index contributed by atoms with van der Waals surface area (Å²) in [6.45, 7) is 3.08. The van der Waals surface area contributed by atoms with E-state index in [1.165, 1.54) is 24.8 Å². The average molecular weight is 382 g/mol. The highest BCUT2D eigenvalue weighted by Gasteiger charge is 2.53. The summed E-state index contributed by atoms with van der Waals surface area (Å²) in [6, 6.07) is 5.47. The number of fused-ring (bicyclic) bond motifs is 2. The van der Waals surface area contributed by atoms with Crippen LogP contribution in [-0.2, 0) is 22.7 Å². The van der Waals surface area contributed by atoms with Gasteiger partial charge in [-0.3, -0.25) is 24.6 Å². The number of benzene rings is 1. The van der Waals surface area contributed by atoms with Gasteiger partial charge in [0.25, 0.3) is 5.91 Å². The molecule has 3 fully saturated rings. The zero-order valence-electron chi connectivity index (χ0n) is 15.9.